The molecule has 0 saturated heterocycles. The van der Waals surface area contributed by atoms with Crippen LogP contribution in [0.15, 0.2) is 36.5 Å². The first-order valence-electron chi connectivity index (χ1n) is 8.58. The van der Waals surface area contributed by atoms with Gasteiger partial charge in [0.25, 0.3) is 0 Å². The van der Waals surface area contributed by atoms with E-state index in [4.69, 9.17) is 5.73 Å². The van der Waals surface area contributed by atoms with Crippen LogP contribution in [0, 0.1) is 5.92 Å². The highest BCUT2D eigenvalue weighted by atomic mass is 35.5. The molecule has 1 saturated carbocycles. The summed E-state index contributed by atoms with van der Waals surface area (Å²) < 4.78 is 39.0. The summed E-state index contributed by atoms with van der Waals surface area (Å²) in [6.07, 6.45) is 0.320. The largest absolute Gasteiger partial charge is 0.435 e. The van der Waals surface area contributed by atoms with E-state index in [0.29, 0.717) is 18.7 Å². The monoisotopic (exact) mass is 402 g/mol. The van der Waals surface area contributed by atoms with Crippen molar-refractivity contribution in [2.24, 2.45) is 11.7 Å². The van der Waals surface area contributed by atoms with E-state index < -0.39 is 11.9 Å². The second kappa shape index (κ2) is 8.75. The predicted molar refractivity (Wildman–Crippen MR) is 97.6 cm³/mol. The van der Waals surface area contributed by atoms with E-state index in [1.54, 1.807) is 24.3 Å². The fourth-order valence-corrected chi connectivity index (χ4v) is 3.18. The molecule has 27 heavy (non-hydrogen) atoms. The normalized spacial score (nSPS) is 20.0. The molecular formula is C18H22ClF3N4O. The summed E-state index contributed by atoms with van der Waals surface area (Å²) in [6.45, 7) is 0.373. The first kappa shape index (κ1) is 21.2. The predicted octanol–water partition coefficient (Wildman–Crippen LogP) is 3.45. The van der Waals surface area contributed by atoms with Crippen molar-refractivity contribution >= 4 is 18.3 Å². The first-order valence-corrected chi connectivity index (χ1v) is 8.58. The summed E-state index contributed by atoms with van der Waals surface area (Å²) in [5, 5.41) is 6.44. The minimum Gasteiger partial charge on any atom is -0.352 e. The molecule has 1 aromatic carbocycles. The molecule has 1 aromatic heterocycles. The molecule has 2 aromatic rings. The standard InChI is InChI=1S/C18H21F3N4O.ClH/c19-18(20,21)16-8-9-25(24-16)15-6-4-12(5-7-15)11-23-17(26)13-2-1-3-14(22)10-13;/h4-9,13-14H,1-3,10-11,22H2,(H,23,26);1H. The molecule has 0 bridgehead atoms. The highest BCUT2D eigenvalue weighted by Crippen LogP contribution is 2.28. The van der Waals surface area contributed by atoms with Gasteiger partial charge in [0.05, 0.1) is 5.69 Å². The number of nitrogens with zero attached hydrogens (tertiary/aromatic N) is 2. The smallest absolute Gasteiger partial charge is 0.352 e. The van der Waals surface area contributed by atoms with Crippen LogP contribution in [-0.4, -0.2) is 21.7 Å². The van der Waals surface area contributed by atoms with Crippen molar-refractivity contribution in [2.45, 2.75) is 44.4 Å². The number of alkyl halides is 3. The molecule has 1 fully saturated rings. The van der Waals surface area contributed by atoms with Gasteiger partial charge in [0, 0.05) is 24.7 Å². The van der Waals surface area contributed by atoms with E-state index in [0.717, 1.165) is 30.9 Å². The Labute approximate surface area is 161 Å². The minimum absolute atomic E-state index is 0. The maximum Gasteiger partial charge on any atom is 0.435 e. The van der Waals surface area contributed by atoms with Crippen molar-refractivity contribution in [1.29, 1.82) is 0 Å². The Bertz CT molecular complexity index is 761. The van der Waals surface area contributed by atoms with Crippen molar-refractivity contribution in [3.8, 4) is 5.69 Å². The number of hydrogen-bond acceptors (Lipinski definition) is 3. The lowest BCUT2D eigenvalue weighted by atomic mass is 9.85. The van der Waals surface area contributed by atoms with Crippen molar-refractivity contribution in [3.63, 3.8) is 0 Å². The van der Waals surface area contributed by atoms with Crippen LogP contribution in [0.2, 0.25) is 0 Å². The van der Waals surface area contributed by atoms with Gasteiger partial charge in [0.1, 0.15) is 0 Å². The Balaban J connectivity index is 0.00000261. The summed E-state index contributed by atoms with van der Waals surface area (Å²) in [7, 11) is 0. The Morgan fingerprint density at radius 3 is 2.52 bits per heavy atom. The van der Waals surface area contributed by atoms with Crippen LogP contribution in [0.1, 0.15) is 36.9 Å². The van der Waals surface area contributed by atoms with E-state index in [9.17, 15) is 18.0 Å². The topological polar surface area (TPSA) is 72.9 Å². The molecule has 2 unspecified atom stereocenters. The molecule has 5 nitrogen and oxygen atoms in total. The molecular weight excluding hydrogens is 381 g/mol. The average Bonchev–Trinajstić information content (AvgIpc) is 3.10. The number of benzene rings is 1. The zero-order chi connectivity index (χ0) is 18.7. The molecule has 3 rings (SSSR count). The molecule has 148 valence electrons. The molecule has 1 amide bonds. The zero-order valence-corrected chi connectivity index (χ0v) is 15.4. The van der Waals surface area contributed by atoms with Gasteiger partial charge in [0.2, 0.25) is 5.91 Å². The number of nitrogens with one attached hydrogen (secondary N) is 1. The van der Waals surface area contributed by atoms with Crippen LogP contribution in [0.4, 0.5) is 13.2 Å². The highest BCUT2D eigenvalue weighted by molar-refractivity contribution is 5.85. The van der Waals surface area contributed by atoms with Crippen molar-refractivity contribution in [2.75, 3.05) is 0 Å². The Kier molecular flexibility index (Phi) is 6.89. The molecule has 1 aliphatic rings. The molecule has 0 radical (unpaired) electrons. The average molecular weight is 403 g/mol. The fraction of sp³-hybridized carbons (Fsp3) is 0.444. The molecule has 9 heteroatoms. The Hall–Kier alpha value is -2.06. The minimum atomic E-state index is -4.46. The van der Waals surface area contributed by atoms with Crippen LogP contribution in [0.25, 0.3) is 5.69 Å². The lowest BCUT2D eigenvalue weighted by Gasteiger charge is -2.25. The summed E-state index contributed by atoms with van der Waals surface area (Å²) in [5.74, 6) is -0.0333. The van der Waals surface area contributed by atoms with Crippen molar-refractivity contribution in [3.05, 3.63) is 47.8 Å². The summed E-state index contributed by atoms with van der Waals surface area (Å²) in [6, 6.07) is 7.89. The van der Waals surface area contributed by atoms with E-state index >= 15 is 0 Å². The Morgan fingerprint density at radius 1 is 1.22 bits per heavy atom. The summed E-state index contributed by atoms with van der Waals surface area (Å²) in [5.41, 5.74) is 6.37. The van der Waals surface area contributed by atoms with E-state index in [1.165, 1.54) is 10.9 Å². The van der Waals surface area contributed by atoms with Gasteiger partial charge in [-0.05, 0) is 43.0 Å². The van der Waals surface area contributed by atoms with Gasteiger partial charge in [-0.1, -0.05) is 18.6 Å². The second-order valence-corrected chi connectivity index (χ2v) is 6.65. The first-order chi connectivity index (χ1) is 12.3. The van der Waals surface area contributed by atoms with Gasteiger partial charge in [-0.2, -0.15) is 18.3 Å². The molecule has 1 aliphatic carbocycles. The lowest BCUT2D eigenvalue weighted by Crippen LogP contribution is -2.37. The van der Waals surface area contributed by atoms with Crippen molar-refractivity contribution in [1.82, 2.24) is 15.1 Å². The lowest BCUT2D eigenvalue weighted by molar-refractivity contribution is -0.141. The number of nitrogens with two attached hydrogens (primary N) is 1. The number of carbonyl (C=O) groups excluding carboxylic acids is 1. The number of amides is 1. The van der Waals surface area contributed by atoms with Gasteiger partial charge < -0.3 is 11.1 Å². The molecule has 1 heterocycles. The van der Waals surface area contributed by atoms with Gasteiger partial charge in [-0.3, -0.25) is 4.79 Å². The maximum atomic E-state index is 12.6. The molecule has 0 aliphatic heterocycles. The number of carbonyl (C=O) groups is 1. The quantitative estimate of drug-likeness (QED) is 0.822. The maximum absolute atomic E-state index is 12.6. The number of halogens is 4. The number of aromatic nitrogens is 2. The van der Waals surface area contributed by atoms with Crippen LogP contribution in [-0.2, 0) is 17.5 Å². The third kappa shape index (κ3) is 5.46. The Morgan fingerprint density at radius 2 is 1.93 bits per heavy atom. The van der Waals surface area contributed by atoms with E-state index in [1.807, 2.05) is 0 Å². The zero-order valence-electron chi connectivity index (χ0n) is 14.6. The summed E-state index contributed by atoms with van der Waals surface area (Å²) in [4.78, 5) is 12.2. The van der Waals surface area contributed by atoms with Gasteiger partial charge in [-0.25, -0.2) is 4.68 Å². The summed E-state index contributed by atoms with van der Waals surface area (Å²) >= 11 is 0. The third-order valence-electron chi connectivity index (χ3n) is 4.63. The van der Waals surface area contributed by atoms with E-state index in [-0.39, 0.29) is 30.3 Å². The number of rotatable bonds is 4. The molecule has 0 spiro atoms. The second-order valence-electron chi connectivity index (χ2n) is 6.65. The SMILES string of the molecule is Cl.NC1CCCC(C(=O)NCc2ccc(-n3ccc(C(F)(F)F)n3)cc2)C1. The number of hydrogen-bond donors (Lipinski definition) is 2. The van der Waals surface area contributed by atoms with Crippen LogP contribution < -0.4 is 11.1 Å². The molecule has 2 atom stereocenters. The van der Waals surface area contributed by atoms with Crippen LogP contribution in [0.5, 0.6) is 0 Å². The van der Waals surface area contributed by atoms with Gasteiger partial charge >= 0.3 is 6.18 Å². The van der Waals surface area contributed by atoms with Crippen LogP contribution >= 0.6 is 12.4 Å². The van der Waals surface area contributed by atoms with Crippen LogP contribution in [0.3, 0.4) is 0 Å². The van der Waals surface area contributed by atoms with Gasteiger partial charge in [0.15, 0.2) is 5.69 Å². The fourth-order valence-electron chi connectivity index (χ4n) is 3.18. The third-order valence-corrected chi connectivity index (χ3v) is 4.63. The highest BCUT2D eigenvalue weighted by Gasteiger charge is 2.33. The van der Waals surface area contributed by atoms with Crippen molar-refractivity contribution < 1.29 is 18.0 Å². The van der Waals surface area contributed by atoms with Gasteiger partial charge in [-0.15, -0.1) is 12.4 Å². The molecule has 3 N–H and O–H groups in total. The van der Waals surface area contributed by atoms with E-state index in [2.05, 4.69) is 10.4 Å².